The first-order chi connectivity index (χ1) is 7.66. The number of nitrogens with two attached hydrogens (primary N) is 1. The van der Waals surface area contributed by atoms with Gasteiger partial charge in [-0.1, -0.05) is 44.2 Å². The molecule has 2 nitrogen and oxygen atoms in total. The first-order valence-corrected chi connectivity index (χ1v) is 6.18. The van der Waals surface area contributed by atoms with E-state index in [0.29, 0.717) is 17.9 Å². The number of rotatable bonds is 2. The summed E-state index contributed by atoms with van der Waals surface area (Å²) in [6.45, 7) is 7.81. The maximum atomic E-state index is 6.17. The van der Waals surface area contributed by atoms with Crippen LogP contribution in [-0.2, 0) is 6.54 Å². The zero-order chi connectivity index (χ0) is 11.5. The van der Waals surface area contributed by atoms with Crippen LogP contribution in [-0.4, -0.2) is 24.0 Å². The zero-order valence-corrected chi connectivity index (χ0v) is 10.3. The molecule has 1 aromatic carbocycles. The third kappa shape index (κ3) is 2.63. The van der Waals surface area contributed by atoms with Gasteiger partial charge in [-0.05, 0) is 17.4 Å². The molecule has 1 fully saturated rings. The van der Waals surface area contributed by atoms with E-state index in [9.17, 15) is 0 Å². The van der Waals surface area contributed by atoms with Gasteiger partial charge in [0.25, 0.3) is 0 Å². The van der Waals surface area contributed by atoms with Gasteiger partial charge in [-0.3, -0.25) is 4.90 Å². The molecule has 1 heterocycles. The Labute approximate surface area is 98.4 Å². The fourth-order valence-corrected chi connectivity index (χ4v) is 2.51. The van der Waals surface area contributed by atoms with Crippen LogP contribution in [0.2, 0.25) is 0 Å². The lowest BCUT2D eigenvalue weighted by atomic mass is 9.85. The number of hydrogen-bond donors (Lipinski definition) is 1. The summed E-state index contributed by atoms with van der Waals surface area (Å²) in [6, 6.07) is 11.0. The molecule has 1 saturated heterocycles. The highest BCUT2D eigenvalue weighted by molar-refractivity contribution is 5.14. The summed E-state index contributed by atoms with van der Waals surface area (Å²) in [5.74, 6) is 1.35. The summed E-state index contributed by atoms with van der Waals surface area (Å²) in [6.07, 6.45) is 0. The van der Waals surface area contributed by atoms with Crippen molar-refractivity contribution in [1.82, 2.24) is 4.90 Å². The lowest BCUT2D eigenvalue weighted by Gasteiger charge is -2.39. The number of likely N-dealkylation sites (tertiary alicyclic amines) is 1. The van der Waals surface area contributed by atoms with Crippen molar-refractivity contribution in [3.05, 3.63) is 35.9 Å². The van der Waals surface area contributed by atoms with Gasteiger partial charge < -0.3 is 5.73 Å². The molecular formula is C14H22N2. The van der Waals surface area contributed by atoms with Crippen LogP contribution in [0, 0.1) is 11.8 Å². The van der Waals surface area contributed by atoms with E-state index >= 15 is 0 Å². The Kier molecular flexibility index (Phi) is 3.62. The fraction of sp³-hybridized carbons (Fsp3) is 0.571. The minimum Gasteiger partial charge on any atom is -0.326 e. The third-order valence-electron chi connectivity index (χ3n) is 3.84. The SMILES string of the molecule is C[C@@H]1[C@@H](C)CN(Cc2ccccc2)C[C@@H]1N. The van der Waals surface area contributed by atoms with Gasteiger partial charge in [0.15, 0.2) is 0 Å². The van der Waals surface area contributed by atoms with E-state index < -0.39 is 0 Å². The predicted molar refractivity (Wildman–Crippen MR) is 68.0 cm³/mol. The fourth-order valence-electron chi connectivity index (χ4n) is 2.51. The van der Waals surface area contributed by atoms with E-state index in [0.717, 1.165) is 13.1 Å². The minimum absolute atomic E-state index is 0.326. The molecule has 0 spiro atoms. The van der Waals surface area contributed by atoms with Crippen molar-refractivity contribution in [2.24, 2.45) is 17.6 Å². The monoisotopic (exact) mass is 218 g/mol. The van der Waals surface area contributed by atoms with E-state index in [-0.39, 0.29) is 0 Å². The van der Waals surface area contributed by atoms with Crippen LogP contribution in [0.5, 0.6) is 0 Å². The van der Waals surface area contributed by atoms with Crippen LogP contribution in [0.1, 0.15) is 19.4 Å². The Morgan fingerprint density at radius 3 is 2.50 bits per heavy atom. The average Bonchev–Trinajstić information content (AvgIpc) is 2.27. The summed E-state index contributed by atoms with van der Waals surface area (Å²) < 4.78 is 0. The Balaban J connectivity index is 1.97. The summed E-state index contributed by atoms with van der Waals surface area (Å²) in [4.78, 5) is 2.48. The lowest BCUT2D eigenvalue weighted by molar-refractivity contribution is 0.111. The number of benzene rings is 1. The third-order valence-corrected chi connectivity index (χ3v) is 3.84. The Morgan fingerprint density at radius 1 is 1.19 bits per heavy atom. The second-order valence-corrected chi connectivity index (χ2v) is 5.18. The molecule has 3 atom stereocenters. The minimum atomic E-state index is 0.326. The van der Waals surface area contributed by atoms with Crippen LogP contribution >= 0.6 is 0 Å². The lowest BCUT2D eigenvalue weighted by Crippen LogP contribution is -2.51. The summed E-state index contributed by atoms with van der Waals surface area (Å²) in [7, 11) is 0. The van der Waals surface area contributed by atoms with E-state index in [1.807, 2.05) is 0 Å². The summed E-state index contributed by atoms with van der Waals surface area (Å²) >= 11 is 0. The molecular weight excluding hydrogens is 196 g/mol. The molecule has 1 aliphatic heterocycles. The molecule has 2 rings (SSSR count). The van der Waals surface area contributed by atoms with Crippen LogP contribution in [0.25, 0.3) is 0 Å². The maximum absolute atomic E-state index is 6.17. The predicted octanol–water partition coefficient (Wildman–Crippen LogP) is 2.10. The Bertz CT molecular complexity index is 311. The van der Waals surface area contributed by atoms with Crippen molar-refractivity contribution in [2.75, 3.05) is 13.1 Å². The zero-order valence-electron chi connectivity index (χ0n) is 10.3. The molecule has 1 aromatic rings. The van der Waals surface area contributed by atoms with Gasteiger partial charge in [0.05, 0.1) is 0 Å². The molecule has 88 valence electrons. The highest BCUT2D eigenvalue weighted by atomic mass is 15.1. The van der Waals surface area contributed by atoms with Crippen molar-refractivity contribution in [2.45, 2.75) is 26.4 Å². The first-order valence-electron chi connectivity index (χ1n) is 6.18. The Hall–Kier alpha value is -0.860. The smallest absolute Gasteiger partial charge is 0.0234 e. The highest BCUT2D eigenvalue weighted by Crippen LogP contribution is 2.23. The maximum Gasteiger partial charge on any atom is 0.0234 e. The normalized spacial score (nSPS) is 31.6. The molecule has 0 saturated carbocycles. The van der Waals surface area contributed by atoms with Gasteiger partial charge in [-0.2, -0.15) is 0 Å². The number of hydrogen-bond acceptors (Lipinski definition) is 2. The highest BCUT2D eigenvalue weighted by Gasteiger charge is 2.28. The van der Waals surface area contributed by atoms with E-state index in [2.05, 4.69) is 49.1 Å². The van der Waals surface area contributed by atoms with Crippen LogP contribution < -0.4 is 5.73 Å². The van der Waals surface area contributed by atoms with Gasteiger partial charge >= 0.3 is 0 Å². The molecule has 16 heavy (non-hydrogen) atoms. The van der Waals surface area contributed by atoms with Gasteiger partial charge in [0.1, 0.15) is 0 Å². The molecule has 0 bridgehead atoms. The number of piperidine rings is 1. The molecule has 0 aromatic heterocycles. The van der Waals surface area contributed by atoms with Crippen molar-refractivity contribution in [3.8, 4) is 0 Å². The van der Waals surface area contributed by atoms with Gasteiger partial charge in [0, 0.05) is 25.7 Å². The molecule has 1 aliphatic rings. The van der Waals surface area contributed by atoms with Crippen molar-refractivity contribution >= 4 is 0 Å². The van der Waals surface area contributed by atoms with E-state index in [1.54, 1.807) is 0 Å². The van der Waals surface area contributed by atoms with E-state index in [1.165, 1.54) is 12.1 Å². The molecule has 2 N–H and O–H groups in total. The van der Waals surface area contributed by atoms with Crippen LogP contribution in [0.15, 0.2) is 30.3 Å². The standard InChI is InChI=1S/C14H22N2/c1-11-8-16(10-14(15)12(11)2)9-13-6-4-3-5-7-13/h3-7,11-12,14H,8-10,15H2,1-2H3/t11-,12+,14-/m0/s1. The number of nitrogens with zero attached hydrogens (tertiary/aromatic N) is 1. The molecule has 0 amide bonds. The largest absolute Gasteiger partial charge is 0.326 e. The second-order valence-electron chi connectivity index (χ2n) is 5.18. The van der Waals surface area contributed by atoms with Gasteiger partial charge in [-0.25, -0.2) is 0 Å². The molecule has 2 heteroatoms. The molecule has 0 radical (unpaired) electrons. The molecule has 0 unspecified atom stereocenters. The quantitative estimate of drug-likeness (QED) is 0.823. The molecule has 0 aliphatic carbocycles. The van der Waals surface area contributed by atoms with Crippen molar-refractivity contribution in [1.29, 1.82) is 0 Å². The van der Waals surface area contributed by atoms with Crippen molar-refractivity contribution in [3.63, 3.8) is 0 Å². The topological polar surface area (TPSA) is 29.3 Å². The van der Waals surface area contributed by atoms with Crippen molar-refractivity contribution < 1.29 is 0 Å². The van der Waals surface area contributed by atoms with Crippen LogP contribution in [0.4, 0.5) is 0 Å². The summed E-state index contributed by atoms with van der Waals surface area (Å²) in [5.41, 5.74) is 7.56. The van der Waals surface area contributed by atoms with E-state index in [4.69, 9.17) is 5.73 Å². The van der Waals surface area contributed by atoms with Gasteiger partial charge in [0.2, 0.25) is 0 Å². The van der Waals surface area contributed by atoms with Gasteiger partial charge in [-0.15, -0.1) is 0 Å². The Morgan fingerprint density at radius 2 is 1.88 bits per heavy atom. The summed E-state index contributed by atoms with van der Waals surface area (Å²) in [5, 5.41) is 0. The van der Waals surface area contributed by atoms with Crippen LogP contribution in [0.3, 0.4) is 0 Å². The average molecular weight is 218 g/mol. The second kappa shape index (κ2) is 4.98. The first kappa shape index (κ1) is 11.6.